The molecule has 0 amide bonds. The number of ether oxygens (including phenoxy) is 1. The number of nitrogens with zero attached hydrogens (tertiary/aromatic N) is 3. The van der Waals surface area contributed by atoms with Gasteiger partial charge in [0.1, 0.15) is 17.6 Å². The normalized spacial score (nSPS) is 16.5. The summed E-state index contributed by atoms with van der Waals surface area (Å²) >= 11 is 6.72. The maximum Gasteiger partial charge on any atom is 0.142 e. The second kappa shape index (κ2) is 10.3. The highest BCUT2D eigenvalue weighted by Crippen LogP contribution is 2.38. The average Bonchev–Trinajstić information content (AvgIpc) is 3.69. The molecule has 3 aromatic carbocycles. The van der Waals surface area contributed by atoms with E-state index in [-0.39, 0.29) is 0 Å². The summed E-state index contributed by atoms with van der Waals surface area (Å²) in [7, 11) is 1.57. The van der Waals surface area contributed by atoms with Crippen molar-refractivity contribution in [2.45, 2.75) is 24.9 Å². The van der Waals surface area contributed by atoms with E-state index in [1.165, 1.54) is 18.3 Å². The first-order chi connectivity index (χ1) is 19.4. The van der Waals surface area contributed by atoms with Crippen LogP contribution in [0.15, 0.2) is 78.8 Å². The van der Waals surface area contributed by atoms with Crippen LogP contribution in [0.4, 0.5) is 21.5 Å². The smallest absolute Gasteiger partial charge is 0.142 e. The van der Waals surface area contributed by atoms with Gasteiger partial charge in [-0.25, -0.2) is 4.39 Å². The Hall–Kier alpha value is -4.52. The fraction of sp³-hybridized carbons (Fsp3) is 0.172. The van der Waals surface area contributed by atoms with Crippen LogP contribution in [-0.4, -0.2) is 23.1 Å². The molecule has 1 aromatic heterocycles. The van der Waals surface area contributed by atoms with Crippen molar-refractivity contribution in [3.05, 3.63) is 101 Å². The van der Waals surface area contributed by atoms with Gasteiger partial charge in [-0.05, 0) is 54.8 Å². The van der Waals surface area contributed by atoms with Crippen molar-refractivity contribution in [3.63, 3.8) is 0 Å². The number of hydrogen-bond acceptors (Lipinski definition) is 8. The number of hydrogen-bond donors (Lipinski definition) is 4. The van der Waals surface area contributed by atoms with Crippen molar-refractivity contribution >= 4 is 39.6 Å². The largest absolute Gasteiger partial charge is 0.495 e. The topological polar surface area (TPSA) is 97.3 Å². The van der Waals surface area contributed by atoms with E-state index in [4.69, 9.17) is 16.3 Å². The highest BCUT2D eigenvalue weighted by molar-refractivity contribution is 6.36. The average molecular weight is 543 g/mol. The lowest BCUT2D eigenvalue weighted by molar-refractivity contribution is 0.260. The van der Waals surface area contributed by atoms with Crippen molar-refractivity contribution in [2.75, 3.05) is 17.7 Å². The Kier molecular flexibility index (Phi) is 6.25. The van der Waals surface area contributed by atoms with Gasteiger partial charge >= 0.3 is 0 Å². The first-order valence-corrected chi connectivity index (χ1v) is 12.8. The molecule has 6 rings (SSSR count). The fourth-order valence-electron chi connectivity index (χ4n) is 4.49. The number of nitrogens with one attached hydrogen (secondary N) is 4. The predicted molar refractivity (Wildman–Crippen MR) is 150 cm³/mol. The Morgan fingerprint density at radius 2 is 2.03 bits per heavy atom. The third-order valence-electron chi connectivity index (χ3n) is 6.61. The van der Waals surface area contributed by atoms with E-state index in [0.29, 0.717) is 61.6 Å². The summed E-state index contributed by atoms with van der Waals surface area (Å²) in [4.78, 5) is 4.43. The molecule has 1 aliphatic carbocycles. The minimum Gasteiger partial charge on any atom is -0.495 e. The Morgan fingerprint density at radius 3 is 2.77 bits per heavy atom. The molecule has 1 fully saturated rings. The van der Waals surface area contributed by atoms with Crippen LogP contribution in [-0.2, 0) is 0 Å². The molecule has 4 N–H and O–H groups in total. The summed E-state index contributed by atoms with van der Waals surface area (Å²) in [6.45, 7) is 0. The van der Waals surface area contributed by atoms with Crippen LogP contribution < -0.4 is 26.3 Å². The van der Waals surface area contributed by atoms with Crippen LogP contribution in [0.3, 0.4) is 0 Å². The minimum atomic E-state index is -1.54. The van der Waals surface area contributed by atoms with E-state index in [0.717, 1.165) is 12.8 Å². The molecule has 1 unspecified atom stereocenters. The molecule has 196 valence electrons. The zero-order chi connectivity index (χ0) is 27.9. The Labute approximate surface area is 231 Å². The molecule has 1 aliphatic heterocycles. The maximum atomic E-state index is 13.8. The number of anilines is 3. The van der Waals surface area contributed by atoms with E-state index in [9.17, 15) is 11.0 Å². The number of rotatable bonds is 8. The van der Waals surface area contributed by atoms with E-state index in [2.05, 4.69) is 32.6 Å². The van der Waals surface area contributed by atoms with Crippen LogP contribution in [0.1, 0.15) is 31.4 Å². The second-order valence-corrected chi connectivity index (χ2v) is 9.67. The third-order valence-corrected chi connectivity index (χ3v) is 6.90. The van der Waals surface area contributed by atoms with Gasteiger partial charge in [-0.3, -0.25) is 9.99 Å². The first-order valence-electron chi connectivity index (χ1n) is 12.9. The standard InChI is InChI=1S/C29H25ClFN7O/c1-39-26-5-3-2-4-24(26)35-27-18(14-32)15-33-29-22(27)12-20(13-23(29)30)34-28(17-6-8-19(31)9-7-17)25-16-38(37-36-25)21-10-11-21/h2-9,12-13,15-16,21,28,34,36-37H,10-11H2,1H3,(H,33,35)/i28D. The number of pyridine rings is 1. The number of para-hydroxylation sites is 2. The van der Waals surface area contributed by atoms with Gasteiger partial charge in [0.25, 0.3) is 0 Å². The van der Waals surface area contributed by atoms with Crippen molar-refractivity contribution in [2.24, 2.45) is 0 Å². The van der Waals surface area contributed by atoms with Gasteiger partial charge in [0.05, 0.1) is 47.7 Å². The molecule has 1 atom stereocenters. The number of halogens is 2. The molecule has 2 heterocycles. The van der Waals surface area contributed by atoms with Gasteiger partial charge in [-0.1, -0.05) is 35.9 Å². The second-order valence-electron chi connectivity index (χ2n) is 9.26. The Balaban J connectivity index is 1.46. The molecule has 8 nitrogen and oxygen atoms in total. The van der Waals surface area contributed by atoms with Crippen LogP contribution in [0, 0.1) is 17.1 Å². The van der Waals surface area contributed by atoms with E-state index < -0.39 is 11.8 Å². The summed E-state index contributed by atoms with van der Waals surface area (Å²) in [5, 5.41) is 19.4. The van der Waals surface area contributed by atoms with Crippen molar-refractivity contribution < 1.29 is 10.5 Å². The van der Waals surface area contributed by atoms with Crippen molar-refractivity contribution in [1.29, 1.82) is 5.26 Å². The maximum absolute atomic E-state index is 13.8. The molecule has 0 saturated heterocycles. The molecular weight excluding hydrogens is 517 g/mol. The predicted octanol–water partition coefficient (Wildman–Crippen LogP) is 6.13. The van der Waals surface area contributed by atoms with E-state index >= 15 is 0 Å². The van der Waals surface area contributed by atoms with Gasteiger partial charge in [0.15, 0.2) is 0 Å². The van der Waals surface area contributed by atoms with Crippen LogP contribution in [0.25, 0.3) is 10.9 Å². The number of benzene rings is 3. The van der Waals surface area contributed by atoms with Gasteiger partial charge < -0.3 is 20.8 Å². The zero-order valence-corrected chi connectivity index (χ0v) is 21.7. The van der Waals surface area contributed by atoms with Crippen molar-refractivity contribution in [1.82, 2.24) is 21.0 Å². The van der Waals surface area contributed by atoms with Crippen LogP contribution in [0.5, 0.6) is 5.75 Å². The molecular formula is C29H25ClFN7O. The summed E-state index contributed by atoms with van der Waals surface area (Å²) in [5.74, 6) is 0.207. The highest BCUT2D eigenvalue weighted by Gasteiger charge is 2.32. The summed E-state index contributed by atoms with van der Waals surface area (Å²) in [6, 6.07) is 17.7. The van der Waals surface area contributed by atoms with E-state index in [1.807, 2.05) is 35.5 Å². The number of fused-ring (bicyclic) bond motifs is 1. The molecule has 1 saturated carbocycles. The van der Waals surface area contributed by atoms with Gasteiger partial charge in [-0.2, -0.15) is 5.26 Å². The lowest BCUT2D eigenvalue weighted by atomic mass is 10.0. The summed E-state index contributed by atoms with van der Waals surface area (Å²) in [5.41, 5.74) is 9.72. The van der Waals surface area contributed by atoms with Gasteiger partial charge in [-0.15, -0.1) is 5.53 Å². The van der Waals surface area contributed by atoms with Crippen LogP contribution in [0.2, 0.25) is 5.02 Å². The molecule has 2 aliphatic rings. The lowest BCUT2D eigenvalue weighted by Gasteiger charge is -2.22. The van der Waals surface area contributed by atoms with Gasteiger partial charge in [0.2, 0.25) is 0 Å². The third kappa shape index (κ3) is 5.00. The highest BCUT2D eigenvalue weighted by atomic mass is 35.5. The molecule has 10 heteroatoms. The minimum absolute atomic E-state index is 0.312. The first kappa shape index (κ1) is 23.6. The lowest BCUT2D eigenvalue weighted by Crippen LogP contribution is -2.38. The molecule has 0 spiro atoms. The number of methoxy groups -OCH3 is 1. The Bertz CT molecular complexity index is 1670. The van der Waals surface area contributed by atoms with Crippen molar-refractivity contribution in [3.8, 4) is 11.8 Å². The van der Waals surface area contributed by atoms with E-state index in [1.54, 1.807) is 31.4 Å². The SMILES string of the molecule is [2H]C(Nc1cc(Cl)c2ncc(C#N)c(Nc3ccccc3OC)c2c1)(C1=CN(C2CC2)NN1)c1ccc(F)cc1. The monoisotopic (exact) mass is 542 g/mol. The van der Waals surface area contributed by atoms with Gasteiger partial charge in [0, 0.05) is 29.5 Å². The summed E-state index contributed by atoms with van der Waals surface area (Å²) in [6.07, 6.45) is 5.44. The number of nitriles is 1. The fourth-order valence-corrected chi connectivity index (χ4v) is 4.76. The summed E-state index contributed by atoms with van der Waals surface area (Å²) < 4.78 is 28.9. The number of aromatic nitrogens is 1. The number of hydrazine groups is 2. The molecule has 4 aromatic rings. The van der Waals surface area contributed by atoms with Crippen LogP contribution >= 0.6 is 11.6 Å². The quantitative estimate of drug-likeness (QED) is 0.211. The Morgan fingerprint density at radius 1 is 1.23 bits per heavy atom. The molecule has 0 bridgehead atoms. The molecule has 0 radical (unpaired) electrons. The molecule has 39 heavy (non-hydrogen) atoms. The zero-order valence-electron chi connectivity index (χ0n) is 21.9.